The van der Waals surface area contributed by atoms with E-state index in [-0.39, 0.29) is 18.6 Å². The summed E-state index contributed by atoms with van der Waals surface area (Å²) in [5.74, 6) is -0.163. The minimum absolute atomic E-state index is 0.163. The summed E-state index contributed by atoms with van der Waals surface area (Å²) in [4.78, 5) is 36.9. The summed E-state index contributed by atoms with van der Waals surface area (Å²) in [6.07, 6.45) is 3.43. The van der Waals surface area contributed by atoms with Crippen LogP contribution in [0.1, 0.15) is 21.7 Å². The van der Waals surface area contributed by atoms with E-state index in [4.69, 9.17) is 4.74 Å². The Labute approximate surface area is 151 Å². The topological polar surface area (TPSA) is 75.6 Å². The Bertz CT molecular complexity index is 824. The number of piperazine rings is 1. The van der Waals surface area contributed by atoms with Crippen LogP contribution in [0, 0.1) is 6.92 Å². The van der Waals surface area contributed by atoms with Crippen LogP contribution in [-0.2, 0) is 11.2 Å². The van der Waals surface area contributed by atoms with Crippen LogP contribution in [0.15, 0.2) is 42.7 Å². The zero-order chi connectivity index (χ0) is 18.1. The second-order valence-electron chi connectivity index (χ2n) is 6.86. The van der Waals surface area contributed by atoms with Crippen molar-refractivity contribution in [2.24, 2.45) is 0 Å². The van der Waals surface area contributed by atoms with E-state index in [2.05, 4.69) is 9.97 Å². The molecule has 2 amide bonds. The van der Waals surface area contributed by atoms with Gasteiger partial charge in [-0.1, -0.05) is 30.3 Å². The number of aromatic nitrogens is 2. The quantitative estimate of drug-likeness (QED) is 0.840. The summed E-state index contributed by atoms with van der Waals surface area (Å²) >= 11 is 0. The molecular weight excluding hydrogens is 332 g/mol. The second-order valence-corrected chi connectivity index (χ2v) is 6.86. The average Bonchev–Trinajstić information content (AvgIpc) is 2.98. The highest BCUT2D eigenvalue weighted by Crippen LogP contribution is 2.32. The molecule has 4 rings (SSSR count). The first-order valence-corrected chi connectivity index (χ1v) is 8.64. The Kier molecular flexibility index (Phi) is 4.06. The van der Waals surface area contributed by atoms with Gasteiger partial charge < -0.3 is 9.64 Å². The molecule has 26 heavy (non-hydrogen) atoms. The zero-order valence-corrected chi connectivity index (χ0v) is 14.6. The predicted molar refractivity (Wildman–Crippen MR) is 93.6 cm³/mol. The minimum Gasteiger partial charge on any atom is -0.447 e. The summed E-state index contributed by atoms with van der Waals surface area (Å²) in [5.41, 5.74) is 1.66. The van der Waals surface area contributed by atoms with E-state index in [0.29, 0.717) is 31.7 Å². The Hall–Kier alpha value is -2.96. The molecule has 3 heterocycles. The van der Waals surface area contributed by atoms with Gasteiger partial charge in [-0.05, 0) is 12.5 Å². The van der Waals surface area contributed by atoms with Crippen molar-refractivity contribution < 1.29 is 14.3 Å². The standard InChI is InChI=1S/C19H20N4O3/c1-14-10-21-16(11-20-14)17(24)22-7-8-23-18(25)26-13-19(23,12-22)9-15-5-3-2-4-6-15/h2-6,10-11H,7-9,12-13H2,1H3. The Morgan fingerprint density at radius 3 is 2.73 bits per heavy atom. The van der Waals surface area contributed by atoms with E-state index in [1.165, 1.54) is 6.20 Å². The SMILES string of the molecule is Cc1cnc(C(=O)N2CCN3C(=O)OCC3(Cc3ccccc3)C2)cn1. The number of carbonyl (C=O) groups excluding carboxylic acids is 2. The van der Waals surface area contributed by atoms with Crippen molar-refractivity contribution in [3.05, 3.63) is 59.7 Å². The molecule has 1 aromatic carbocycles. The molecule has 0 N–H and O–H groups in total. The highest BCUT2D eigenvalue weighted by atomic mass is 16.6. The number of cyclic esters (lactones) is 1. The molecule has 1 unspecified atom stereocenters. The molecule has 1 atom stereocenters. The number of ether oxygens (including phenoxy) is 1. The van der Waals surface area contributed by atoms with Crippen LogP contribution in [-0.4, -0.2) is 63.5 Å². The molecule has 0 bridgehead atoms. The number of carbonyl (C=O) groups is 2. The lowest BCUT2D eigenvalue weighted by Gasteiger charge is -2.44. The maximum atomic E-state index is 12.9. The largest absolute Gasteiger partial charge is 0.447 e. The summed E-state index contributed by atoms with van der Waals surface area (Å²) in [6.45, 7) is 3.44. The molecule has 134 valence electrons. The van der Waals surface area contributed by atoms with Crippen molar-refractivity contribution in [1.82, 2.24) is 19.8 Å². The van der Waals surface area contributed by atoms with Crippen LogP contribution >= 0.6 is 0 Å². The number of amides is 2. The highest BCUT2D eigenvalue weighted by Gasteiger charge is 2.51. The van der Waals surface area contributed by atoms with Crippen LogP contribution < -0.4 is 0 Å². The molecule has 1 aromatic heterocycles. The lowest BCUT2D eigenvalue weighted by molar-refractivity contribution is 0.0370. The first kappa shape index (κ1) is 16.5. The average molecular weight is 352 g/mol. The fourth-order valence-corrected chi connectivity index (χ4v) is 3.68. The fraction of sp³-hybridized carbons (Fsp3) is 0.368. The van der Waals surface area contributed by atoms with Gasteiger partial charge in [0.15, 0.2) is 0 Å². The predicted octanol–water partition coefficient (Wildman–Crippen LogP) is 1.67. The Morgan fingerprint density at radius 2 is 2.00 bits per heavy atom. The first-order valence-electron chi connectivity index (χ1n) is 8.64. The Morgan fingerprint density at radius 1 is 1.19 bits per heavy atom. The third-order valence-electron chi connectivity index (χ3n) is 5.00. The number of rotatable bonds is 3. The van der Waals surface area contributed by atoms with E-state index >= 15 is 0 Å². The summed E-state index contributed by atoms with van der Waals surface area (Å²) in [5, 5.41) is 0. The number of benzene rings is 1. The van der Waals surface area contributed by atoms with Crippen molar-refractivity contribution in [2.45, 2.75) is 18.9 Å². The van der Waals surface area contributed by atoms with Gasteiger partial charge in [0, 0.05) is 32.3 Å². The maximum Gasteiger partial charge on any atom is 0.410 e. The van der Waals surface area contributed by atoms with Gasteiger partial charge in [0.2, 0.25) is 0 Å². The molecule has 2 aliphatic heterocycles. The van der Waals surface area contributed by atoms with Gasteiger partial charge in [0.25, 0.3) is 5.91 Å². The smallest absolute Gasteiger partial charge is 0.410 e. The minimum atomic E-state index is -0.537. The van der Waals surface area contributed by atoms with Crippen molar-refractivity contribution in [1.29, 1.82) is 0 Å². The number of nitrogens with zero attached hydrogens (tertiary/aromatic N) is 4. The second kappa shape index (κ2) is 6.40. The van der Waals surface area contributed by atoms with Gasteiger partial charge >= 0.3 is 6.09 Å². The van der Waals surface area contributed by atoms with Crippen LogP contribution in [0.25, 0.3) is 0 Å². The van der Waals surface area contributed by atoms with E-state index in [1.807, 2.05) is 37.3 Å². The van der Waals surface area contributed by atoms with Crippen LogP contribution in [0.2, 0.25) is 0 Å². The van der Waals surface area contributed by atoms with E-state index in [1.54, 1.807) is 16.0 Å². The van der Waals surface area contributed by atoms with Gasteiger partial charge in [0.05, 0.1) is 11.9 Å². The lowest BCUT2D eigenvalue weighted by atomic mass is 9.88. The molecule has 0 aliphatic carbocycles. The van der Waals surface area contributed by atoms with Crippen molar-refractivity contribution in [3.8, 4) is 0 Å². The molecule has 2 fully saturated rings. The van der Waals surface area contributed by atoms with E-state index in [9.17, 15) is 9.59 Å². The fourth-order valence-electron chi connectivity index (χ4n) is 3.68. The molecule has 2 aromatic rings. The molecule has 7 nitrogen and oxygen atoms in total. The summed E-state index contributed by atoms with van der Waals surface area (Å²) < 4.78 is 5.35. The molecule has 7 heteroatoms. The zero-order valence-electron chi connectivity index (χ0n) is 14.6. The van der Waals surface area contributed by atoms with Gasteiger partial charge in [-0.2, -0.15) is 0 Å². The highest BCUT2D eigenvalue weighted by molar-refractivity contribution is 5.92. The number of fused-ring (bicyclic) bond motifs is 1. The third kappa shape index (κ3) is 2.89. The first-order chi connectivity index (χ1) is 12.6. The number of hydrogen-bond donors (Lipinski definition) is 0. The van der Waals surface area contributed by atoms with Gasteiger partial charge in [-0.15, -0.1) is 0 Å². The third-order valence-corrected chi connectivity index (χ3v) is 5.00. The molecule has 2 saturated heterocycles. The van der Waals surface area contributed by atoms with Crippen molar-refractivity contribution in [2.75, 3.05) is 26.2 Å². The molecule has 0 saturated carbocycles. The van der Waals surface area contributed by atoms with E-state index in [0.717, 1.165) is 11.3 Å². The molecular formula is C19H20N4O3. The Balaban J connectivity index is 1.59. The van der Waals surface area contributed by atoms with Gasteiger partial charge in [0.1, 0.15) is 17.8 Å². The lowest BCUT2D eigenvalue weighted by Crippen LogP contribution is -2.63. The molecule has 2 aliphatic rings. The van der Waals surface area contributed by atoms with Gasteiger partial charge in [-0.25, -0.2) is 9.78 Å². The number of aryl methyl sites for hydroxylation is 1. The van der Waals surface area contributed by atoms with Crippen LogP contribution in [0.3, 0.4) is 0 Å². The summed E-state index contributed by atoms with van der Waals surface area (Å²) in [6, 6.07) is 9.97. The van der Waals surface area contributed by atoms with Crippen LogP contribution in [0.5, 0.6) is 0 Å². The van der Waals surface area contributed by atoms with Crippen LogP contribution in [0.4, 0.5) is 4.79 Å². The number of hydrogen-bond acceptors (Lipinski definition) is 5. The van der Waals surface area contributed by atoms with Gasteiger partial charge in [-0.3, -0.25) is 14.7 Å². The summed E-state index contributed by atoms with van der Waals surface area (Å²) in [7, 11) is 0. The van der Waals surface area contributed by atoms with Crippen molar-refractivity contribution >= 4 is 12.0 Å². The monoisotopic (exact) mass is 352 g/mol. The normalized spacial score (nSPS) is 22.1. The van der Waals surface area contributed by atoms with Crippen molar-refractivity contribution in [3.63, 3.8) is 0 Å². The maximum absolute atomic E-state index is 12.9. The molecule has 0 spiro atoms. The molecule has 0 radical (unpaired) electrons. The van der Waals surface area contributed by atoms with E-state index < -0.39 is 5.54 Å².